The minimum absolute atomic E-state index is 0. The molecule has 1 aromatic carbocycles. The molecule has 0 saturated heterocycles. The van der Waals surface area contributed by atoms with E-state index in [4.69, 9.17) is 17.4 Å². The van der Waals surface area contributed by atoms with Crippen molar-refractivity contribution in [3.05, 3.63) is 45.2 Å². The summed E-state index contributed by atoms with van der Waals surface area (Å²) >= 11 is 5.69. The van der Waals surface area contributed by atoms with Crippen LogP contribution < -0.4 is 23.7 Å². The molecule has 0 bridgehead atoms. The molecule has 2 aromatic rings. The Morgan fingerprint density at radius 3 is 2.90 bits per heavy atom. The molecule has 0 aliphatic heterocycles. The van der Waals surface area contributed by atoms with Crippen molar-refractivity contribution in [2.75, 3.05) is 11.3 Å². The lowest BCUT2D eigenvalue weighted by molar-refractivity contribution is -0.384. The monoisotopic (exact) mass is 316 g/mol. The summed E-state index contributed by atoms with van der Waals surface area (Å²) in [4.78, 5) is 10.1. The van der Waals surface area contributed by atoms with Crippen LogP contribution in [-0.2, 0) is 0 Å². The number of nitrogens with one attached hydrogen (secondary N) is 1. The quantitative estimate of drug-likeness (QED) is 0.291. The van der Waals surface area contributed by atoms with E-state index >= 15 is 0 Å². The maximum absolute atomic E-state index is 10.7. The largest absolute Gasteiger partial charge is 1.00 e. The van der Waals surface area contributed by atoms with E-state index in [9.17, 15) is 10.1 Å². The van der Waals surface area contributed by atoms with Crippen LogP contribution in [-0.4, -0.2) is 26.0 Å². The normalized spacial score (nSPS) is 10.2. The van der Waals surface area contributed by atoms with Crippen molar-refractivity contribution in [2.24, 2.45) is 5.10 Å². The number of hydrazone groups is 1. The van der Waals surface area contributed by atoms with Crippen LogP contribution in [0.3, 0.4) is 0 Å². The first-order chi connectivity index (χ1) is 9.08. The fourth-order valence-electron chi connectivity index (χ4n) is 1.24. The molecule has 0 fully saturated rings. The van der Waals surface area contributed by atoms with Gasteiger partial charge in [0.25, 0.3) is 11.6 Å². The fraction of sp³-hybridized carbons (Fsp3) is 0. The molecule has 0 amide bonds. The number of hydrogen-bond donors (Lipinski definition) is 2. The average molecular weight is 317 g/mol. The highest BCUT2D eigenvalue weighted by atomic mass is 35.5. The molecule has 0 aliphatic rings. The molecular formula is C9H8Cl2N7O2-. The van der Waals surface area contributed by atoms with Gasteiger partial charge in [-0.05, 0) is 6.07 Å². The maximum Gasteiger partial charge on any atom is 0.288 e. The second kappa shape index (κ2) is 6.68. The van der Waals surface area contributed by atoms with Crippen LogP contribution in [0.4, 0.5) is 11.6 Å². The van der Waals surface area contributed by atoms with Gasteiger partial charge in [0.1, 0.15) is 11.3 Å². The maximum atomic E-state index is 10.7. The van der Waals surface area contributed by atoms with Gasteiger partial charge in [-0.2, -0.15) is 5.10 Å². The Labute approximate surface area is 124 Å². The number of anilines is 1. The Morgan fingerprint density at radius 2 is 2.30 bits per heavy atom. The number of nitrogens with zero attached hydrogens (tertiary/aromatic N) is 5. The van der Waals surface area contributed by atoms with E-state index in [2.05, 4.69) is 20.7 Å². The highest BCUT2D eigenvalue weighted by Gasteiger charge is 2.11. The lowest BCUT2D eigenvalue weighted by Crippen LogP contribution is -3.00. The van der Waals surface area contributed by atoms with Crippen LogP contribution in [0, 0.1) is 10.1 Å². The SMILES string of the molecule is Nn1cnnc1NN=Cc1ccc(Cl)c([N+](=O)[O-])c1.[Cl-]. The van der Waals surface area contributed by atoms with Crippen molar-refractivity contribution in [3.63, 3.8) is 0 Å². The Balaban J connectivity index is 0.00000200. The van der Waals surface area contributed by atoms with E-state index in [-0.39, 0.29) is 29.1 Å². The zero-order chi connectivity index (χ0) is 13.8. The van der Waals surface area contributed by atoms with E-state index in [0.29, 0.717) is 5.56 Å². The van der Waals surface area contributed by atoms with Crippen molar-refractivity contribution < 1.29 is 17.3 Å². The van der Waals surface area contributed by atoms with Crippen molar-refractivity contribution >= 4 is 29.5 Å². The molecule has 1 aromatic heterocycles. The molecule has 3 N–H and O–H groups in total. The summed E-state index contributed by atoms with van der Waals surface area (Å²) in [5, 5.41) is 21.8. The summed E-state index contributed by atoms with van der Waals surface area (Å²) in [7, 11) is 0. The predicted molar refractivity (Wildman–Crippen MR) is 69.5 cm³/mol. The van der Waals surface area contributed by atoms with Gasteiger partial charge in [-0.3, -0.25) is 10.1 Å². The lowest BCUT2D eigenvalue weighted by Gasteiger charge is -1.98. The van der Waals surface area contributed by atoms with Gasteiger partial charge < -0.3 is 18.2 Å². The van der Waals surface area contributed by atoms with Gasteiger partial charge in [0, 0.05) is 11.6 Å². The number of nitrogens with two attached hydrogens (primary N) is 1. The van der Waals surface area contributed by atoms with Crippen LogP contribution in [0.15, 0.2) is 29.6 Å². The first-order valence-corrected chi connectivity index (χ1v) is 5.34. The standard InChI is InChI=1S/C9H8ClN7O2.ClH/c10-7-2-1-6(3-8(7)17(18)19)4-12-14-9-15-13-5-16(9)11;/h1-5H,11H2,(H,14,15);1H/p-1. The Morgan fingerprint density at radius 1 is 1.55 bits per heavy atom. The third-order valence-electron chi connectivity index (χ3n) is 2.12. The summed E-state index contributed by atoms with van der Waals surface area (Å²) < 4.78 is 1.14. The third kappa shape index (κ3) is 3.56. The van der Waals surface area contributed by atoms with Crippen LogP contribution in [0.25, 0.3) is 0 Å². The minimum atomic E-state index is -0.566. The number of benzene rings is 1. The summed E-state index contributed by atoms with van der Waals surface area (Å²) in [6.07, 6.45) is 2.67. The molecular weight excluding hydrogens is 309 g/mol. The third-order valence-corrected chi connectivity index (χ3v) is 2.44. The molecule has 0 spiro atoms. The van der Waals surface area contributed by atoms with E-state index in [1.54, 1.807) is 6.07 Å². The second-order valence-electron chi connectivity index (χ2n) is 3.40. The Kier molecular flexibility index (Phi) is 5.23. The van der Waals surface area contributed by atoms with Crippen molar-refractivity contribution in [2.45, 2.75) is 0 Å². The number of hydrogen-bond acceptors (Lipinski definition) is 7. The number of nitrogen functional groups attached to an aromatic ring is 1. The van der Waals surface area contributed by atoms with Crippen LogP contribution in [0.2, 0.25) is 5.02 Å². The molecule has 2 rings (SSSR count). The zero-order valence-electron chi connectivity index (χ0n) is 9.77. The molecule has 0 aliphatic carbocycles. The average Bonchev–Trinajstić information content (AvgIpc) is 2.77. The van der Waals surface area contributed by atoms with Crippen LogP contribution >= 0.6 is 11.6 Å². The van der Waals surface area contributed by atoms with Gasteiger partial charge in [0.05, 0.1) is 11.1 Å². The van der Waals surface area contributed by atoms with E-state index < -0.39 is 4.92 Å². The molecule has 9 nitrogen and oxygen atoms in total. The van der Waals surface area contributed by atoms with Crippen molar-refractivity contribution in [1.29, 1.82) is 0 Å². The molecule has 0 saturated carbocycles. The van der Waals surface area contributed by atoms with Gasteiger partial charge in [-0.1, -0.05) is 17.7 Å². The molecule has 0 atom stereocenters. The number of rotatable bonds is 4. The van der Waals surface area contributed by atoms with E-state index in [1.807, 2.05) is 0 Å². The van der Waals surface area contributed by atoms with Crippen molar-refractivity contribution in [1.82, 2.24) is 14.9 Å². The molecule has 0 unspecified atom stereocenters. The second-order valence-corrected chi connectivity index (χ2v) is 3.81. The molecule has 1 heterocycles. The smallest absolute Gasteiger partial charge is 0.288 e. The first-order valence-electron chi connectivity index (χ1n) is 4.96. The van der Waals surface area contributed by atoms with Crippen LogP contribution in [0.5, 0.6) is 0 Å². The predicted octanol–water partition coefficient (Wildman–Crippen LogP) is -2.00. The number of nitro benzene ring substituents is 1. The van der Waals surface area contributed by atoms with Crippen molar-refractivity contribution in [3.8, 4) is 0 Å². The number of halogens is 2. The first kappa shape index (κ1) is 15.7. The number of aromatic nitrogens is 3. The zero-order valence-corrected chi connectivity index (χ0v) is 11.3. The van der Waals surface area contributed by atoms with E-state index in [1.165, 1.54) is 24.7 Å². The summed E-state index contributed by atoms with van der Waals surface area (Å²) in [6, 6.07) is 4.32. The highest BCUT2D eigenvalue weighted by Crippen LogP contribution is 2.24. The molecule has 11 heteroatoms. The topological polar surface area (TPSA) is 124 Å². The Bertz CT molecular complexity index is 643. The van der Waals surface area contributed by atoms with E-state index in [0.717, 1.165) is 4.68 Å². The lowest BCUT2D eigenvalue weighted by atomic mass is 10.2. The summed E-state index contributed by atoms with van der Waals surface area (Å²) in [5.74, 6) is 5.69. The number of nitro groups is 1. The Hall–Kier alpha value is -2.39. The molecule has 0 radical (unpaired) electrons. The summed E-state index contributed by atoms with van der Waals surface area (Å²) in [6.45, 7) is 0. The summed E-state index contributed by atoms with van der Waals surface area (Å²) in [5.41, 5.74) is 2.85. The fourth-order valence-corrected chi connectivity index (χ4v) is 1.42. The molecule has 20 heavy (non-hydrogen) atoms. The van der Waals surface area contributed by atoms with Gasteiger partial charge in [0.2, 0.25) is 0 Å². The highest BCUT2D eigenvalue weighted by molar-refractivity contribution is 6.32. The van der Waals surface area contributed by atoms with Crippen LogP contribution in [0.1, 0.15) is 5.56 Å². The van der Waals surface area contributed by atoms with Gasteiger partial charge in [-0.25, -0.2) is 10.1 Å². The minimum Gasteiger partial charge on any atom is -1.00 e. The van der Waals surface area contributed by atoms with Gasteiger partial charge >= 0.3 is 0 Å². The van der Waals surface area contributed by atoms with Gasteiger partial charge in [0.15, 0.2) is 0 Å². The van der Waals surface area contributed by atoms with Gasteiger partial charge in [-0.15, -0.1) is 10.2 Å². The molecule has 106 valence electrons.